The summed E-state index contributed by atoms with van der Waals surface area (Å²) in [6, 6.07) is 4.86. The highest BCUT2D eigenvalue weighted by molar-refractivity contribution is 5.97. The Morgan fingerprint density at radius 1 is 1.56 bits per heavy atom. The highest BCUT2D eigenvalue weighted by atomic mass is 16.3. The average molecular weight is 219 g/mol. The van der Waals surface area contributed by atoms with E-state index in [1.807, 2.05) is 6.07 Å². The normalized spacial score (nSPS) is 12.7. The second kappa shape index (κ2) is 3.94. The number of rotatable bonds is 2. The number of amides is 1. The lowest BCUT2D eigenvalue weighted by Gasteiger charge is -2.19. The highest BCUT2D eigenvalue weighted by Crippen LogP contribution is 2.20. The molecule has 84 valence electrons. The fraction of sp³-hybridized carbons (Fsp3) is 0.273. The van der Waals surface area contributed by atoms with Crippen LogP contribution < -0.4 is 10.6 Å². The fourth-order valence-electron chi connectivity index (χ4n) is 1.49. The molecule has 0 saturated carbocycles. The van der Waals surface area contributed by atoms with Gasteiger partial charge in [-0.05, 0) is 19.1 Å². The van der Waals surface area contributed by atoms with Crippen molar-refractivity contribution < 1.29 is 9.21 Å². The third-order valence-corrected chi connectivity index (χ3v) is 2.42. The van der Waals surface area contributed by atoms with Crippen LogP contribution in [0.3, 0.4) is 0 Å². The predicted molar refractivity (Wildman–Crippen MR) is 61.1 cm³/mol. The molecule has 2 N–H and O–H groups in total. The molecule has 0 spiro atoms. The van der Waals surface area contributed by atoms with Crippen molar-refractivity contribution in [3.63, 3.8) is 0 Å². The summed E-state index contributed by atoms with van der Waals surface area (Å²) in [6.07, 6.45) is 1.38. The first-order valence-electron chi connectivity index (χ1n) is 4.96. The number of nitrogens with two attached hydrogens (primary N) is 1. The standard InChI is InChI=1S/C11H13N3O2/c1-7(12)11(15)14(2)8-3-4-9-10(5-8)16-6-13-9/h3-7H,12H2,1-2H3. The topological polar surface area (TPSA) is 72.4 Å². The minimum absolute atomic E-state index is 0.140. The zero-order valence-electron chi connectivity index (χ0n) is 9.18. The maximum Gasteiger partial charge on any atom is 0.243 e. The smallest absolute Gasteiger partial charge is 0.243 e. The molecule has 0 saturated heterocycles. The van der Waals surface area contributed by atoms with E-state index in [0.29, 0.717) is 5.58 Å². The fourth-order valence-corrected chi connectivity index (χ4v) is 1.49. The Kier molecular flexibility index (Phi) is 2.62. The molecule has 0 aliphatic rings. The summed E-state index contributed by atoms with van der Waals surface area (Å²) in [4.78, 5) is 17.2. The van der Waals surface area contributed by atoms with E-state index in [0.717, 1.165) is 11.2 Å². The monoisotopic (exact) mass is 219 g/mol. The van der Waals surface area contributed by atoms with E-state index >= 15 is 0 Å². The molecular weight excluding hydrogens is 206 g/mol. The Bertz CT molecular complexity index is 519. The van der Waals surface area contributed by atoms with Gasteiger partial charge in [0.05, 0.1) is 6.04 Å². The van der Waals surface area contributed by atoms with Crippen molar-refractivity contribution in [1.29, 1.82) is 0 Å². The maximum atomic E-state index is 11.7. The molecule has 2 rings (SSSR count). The molecule has 1 aromatic carbocycles. The number of benzene rings is 1. The van der Waals surface area contributed by atoms with Crippen LogP contribution in [0.5, 0.6) is 0 Å². The first-order valence-corrected chi connectivity index (χ1v) is 4.96. The van der Waals surface area contributed by atoms with E-state index in [-0.39, 0.29) is 5.91 Å². The molecule has 5 nitrogen and oxygen atoms in total. The van der Waals surface area contributed by atoms with Crippen molar-refractivity contribution in [1.82, 2.24) is 4.98 Å². The number of likely N-dealkylation sites (N-methyl/N-ethyl adjacent to an activating group) is 1. The number of hydrogen-bond donors (Lipinski definition) is 1. The van der Waals surface area contributed by atoms with E-state index in [9.17, 15) is 4.79 Å². The van der Waals surface area contributed by atoms with Crippen molar-refractivity contribution in [2.75, 3.05) is 11.9 Å². The third-order valence-electron chi connectivity index (χ3n) is 2.42. The molecule has 0 fully saturated rings. The molecule has 16 heavy (non-hydrogen) atoms. The summed E-state index contributed by atoms with van der Waals surface area (Å²) < 4.78 is 5.17. The summed E-state index contributed by atoms with van der Waals surface area (Å²) in [7, 11) is 1.68. The minimum atomic E-state index is -0.518. The molecule has 5 heteroatoms. The van der Waals surface area contributed by atoms with Crippen LogP contribution in [-0.2, 0) is 4.79 Å². The van der Waals surface area contributed by atoms with Gasteiger partial charge in [-0.15, -0.1) is 0 Å². The number of fused-ring (bicyclic) bond motifs is 1. The largest absolute Gasteiger partial charge is 0.443 e. The van der Waals surface area contributed by atoms with Gasteiger partial charge in [0.1, 0.15) is 5.52 Å². The average Bonchev–Trinajstić information content (AvgIpc) is 2.73. The Morgan fingerprint density at radius 2 is 2.31 bits per heavy atom. The summed E-state index contributed by atoms with van der Waals surface area (Å²) in [6.45, 7) is 1.66. The minimum Gasteiger partial charge on any atom is -0.443 e. The maximum absolute atomic E-state index is 11.7. The van der Waals surface area contributed by atoms with Crippen molar-refractivity contribution in [2.24, 2.45) is 5.73 Å². The van der Waals surface area contributed by atoms with Crippen LogP contribution in [0.25, 0.3) is 11.1 Å². The molecule has 0 bridgehead atoms. The van der Waals surface area contributed by atoms with Crippen LogP contribution >= 0.6 is 0 Å². The Hall–Kier alpha value is -1.88. The number of nitrogens with zero attached hydrogens (tertiary/aromatic N) is 2. The van der Waals surface area contributed by atoms with Crippen LogP contribution in [0, 0.1) is 0 Å². The van der Waals surface area contributed by atoms with Crippen molar-refractivity contribution in [3.05, 3.63) is 24.6 Å². The first-order chi connectivity index (χ1) is 7.59. The van der Waals surface area contributed by atoms with Crippen LogP contribution in [0.2, 0.25) is 0 Å². The van der Waals surface area contributed by atoms with Crippen LogP contribution in [0.4, 0.5) is 5.69 Å². The van der Waals surface area contributed by atoms with Crippen LogP contribution in [-0.4, -0.2) is 24.0 Å². The lowest BCUT2D eigenvalue weighted by atomic mass is 10.2. The van der Waals surface area contributed by atoms with Gasteiger partial charge in [0.2, 0.25) is 5.91 Å². The summed E-state index contributed by atoms with van der Waals surface area (Å²) in [5.41, 5.74) is 7.71. The van der Waals surface area contributed by atoms with E-state index < -0.39 is 6.04 Å². The quantitative estimate of drug-likeness (QED) is 0.822. The van der Waals surface area contributed by atoms with Gasteiger partial charge in [-0.1, -0.05) is 0 Å². The number of carbonyl (C=O) groups is 1. The first kappa shape index (κ1) is 10.6. The van der Waals surface area contributed by atoms with Gasteiger partial charge >= 0.3 is 0 Å². The Balaban J connectivity index is 2.35. The molecule has 1 amide bonds. The number of carbonyl (C=O) groups excluding carboxylic acids is 1. The zero-order chi connectivity index (χ0) is 11.7. The van der Waals surface area contributed by atoms with Crippen LogP contribution in [0.1, 0.15) is 6.92 Å². The number of oxazole rings is 1. The highest BCUT2D eigenvalue weighted by Gasteiger charge is 2.15. The lowest BCUT2D eigenvalue weighted by molar-refractivity contribution is -0.119. The van der Waals surface area contributed by atoms with Crippen molar-refractivity contribution in [3.8, 4) is 0 Å². The van der Waals surface area contributed by atoms with Gasteiger partial charge in [0.25, 0.3) is 0 Å². The summed E-state index contributed by atoms with van der Waals surface area (Å²) in [5.74, 6) is -0.140. The number of anilines is 1. The second-order valence-electron chi connectivity index (χ2n) is 3.69. The molecule has 1 aromatic heterocycles. The third kappa shape index (κ3) is 1.77. The van der Waals surface area contributed by atoms with E-state index in [2.05, 4.69) is 4.98 Å². The summed E-state index contributed by atoms with van der Waals surface area (Å²) in [5, 5.41) is 0. The van der Waals surface area contributed by atoms with E-state index in [1.54, 1.807) is 26.1 Å². The van der Waals surface area contributed by atoms with E-state index in [1.165, 1.54) is 11.3 Å². The molecule has 0 aliphatic carbocycles. The molecule has 0 aliphatic heterocycles. The Labute approximate surface area is 92.8 Å². The molecule has 1 heterocycles. The summed E-state index contributed by atoms with van der Waals surface area (Å²) >= 11 is 0. The predicted octanol–water partition coefficient (Wildman–Crippen LogP) is 1.14. The molecule has 2 aromatic rings. The molecular formula is C11H13N3O2. The number of aromatic nitrogens is 1. The van der Waals surface area contributed by atoms with Gasteiger partial charge in [-0.25, -0.2) is 4.98 Å². The Morgan fingerprint density at radius 3 is 3.00 bits per heavy atom. The van der Waals surface area contributed by atoms with Gasteiger partial charge in [-0.3, -0.25) is 4.79 Å². The van der Waals surface area contributed by atoms with Gasteiger partial charge in [-0.2, -0.15) is 0 Å². The van der Waals surface area contributed by atoms with Gasteiger partial charge in [0, 0.05) is 18.8 Å². The van der Waals surface area contributed by atoms with E-state index in [4.69, 9.17) is 10.2 Å². The SMILES string of the molecule is CC(N)C(=O)N(C)c1ccc2ncoc2c1. The van der Waals surface area contributed by atoms with Crippen LogP contribution in [0.15, 0.2) is 29.0 Å². The molecule has 1 atom stereocenters. The molecule has 1 unspecified atom stereocenters. The van der Waals surface area contributed by atoms with Gasteiger partial charge in [0.15, 0.2) is 12.0 Å². The number of hydrogen-bond acceptors (Lipinski definition) is 4. The van der Waals surface area contributed by atoms with Crippen molar-refractivity contribution >= 4 is 22.7 Å². The second-order valence-corrected chi connectivity index (χ2v) is 3.69. The van der Waals surface area contributed by atoms with Crippen molar-refractivity contribution in [2.45, 2.75) is 13.0 Å². The van der Waals surface area contributed by atoms with Gasteiger partial charge < -0.3 is 15.1 Å². The molecule has 0 radical (unpaired) electrons. The lowest BCUT2D eigenvalue weighted by Crippen LogP contribution is -2.39. The zero-order valence-corrected chi connectivity index (χ0v) is 9.18.